The molecule has 0 bridgehead atoms. The Bertz CT molecular complexity index is 679. The molecule has 0 unspecified atom stereocenters. The second-order valence-electron chi connectivity index (χ2n) is 5.19. The molecule has 0 saturated carbocycles. The normalized spacial score (nSPS) is 10.7. The van der Waals surface area contributed by atoms with Crippen molar-refractivity contribution in [1.29, 1.82) is 0 Å². The summed E-state index contributed by atoms with van der Waals surface area (Å²) in [6, 6.07) is 4.19. The molecule has 2 rings (SSSR count). The standard InChI is InChI=1S/C16H21N3O2/c1-6-12-18-13(16(20)21-5)15(17)19(12)14-10(3)7-9(2)8-11(14)4/h7-8H,6,17H2,1-5H3. The predicted molar refractivity (Wildman–Crippen MR) is 82.9 cm³/mol. The van der Waals surface area contributed by atoms with Crippen molar-refractivity contribution >= 4 is 11.8 Å². The summed E-state index contributed by atoms with van der Waals surface area (Å²) in [5.74, 6) is 0.570. The summed E-state index contributed by atoms with van der Waals surface area (Å²) in [5.41, 5.74) is 10.7. The zero-order chi connectivity index (χ0) is 15.7. The van der Waals surface area contributed by atoms with Crippen molar-refractivity contribution in [1.82, 2.24) is 9.55 Å². The zero-order valence-electron chi connectivity index (χ0n) is 13.2. The lowest BCUT2D eigenvalue weighted by Gasteiger charge is -2.16. The van der Waals surface area contributed by atoms with Gasteiger partial charge in [0.2, 0.25) is 0 Å². The Morgan fingerprint density at radius 1 is 1.29 bits per heavy atom. The van der Waals surface area contributed by atoms with Gasteiger partial charge in [0.15, 0.2) is 5.69 Å². The monoisotopic (exact) mass is 287 g/mol. The van der Waals surface area contributed by atoms with E-state index in [1.165, 1.54) is 12.7 Å². The van der Waals surface area contributed by atoms with E-state index in [1.54, 1.807) is 0 Å². The number of nitrogen functional groups attached to an aromatic ring is 1. The summed E-state index contributed by atoms with van der Waals surface area (Å²) in [7, 11) is 1.33. The maximum Gasteiger partial charge on any atom is 0.360 e. The van der Waals surface area contributed by atoms with Crippen molar-refractivity contribution in [2.24, 2.45) is 0 Å². The van der Waals surface area contributed by atoms with E-state index in [0.717, 1.165) is 22.6 Å². The molecule has 5 heteroatoms. The number of methoxy groups -OCH3 is 1. The maximum absolute atomic E-state index is 11.8. The molecule has 2 N–H and O–H groups in total. The third-order valence-corrected chi connectivity index (χ3v) is 3.54. The molecule has 0 aliphatic carbocycles. The first-order chi connectivity index (χ1) is 9.90. The van der Waals surface area contributed by atoms with Crippen LogP contribution in [0.3, 0.4) is 0 Å². The van der Waals surface area contributed by atoms with Gasteiger partial charge in [-0.05, 0) is 31.9 Å². The molecule has 1 heterocycles. The van der Waals surface area contributed by atoms with Crippen LogP contribution >= 0.6 is 0 Å². The molecule has 0 aliphatic heterocycles. The van der Waals surface area contributed by atoms with Crippen LogP contribution < -0.4 is 5.73 Å². The fourth-order valence-electron chi connectivity index (χ4n) is 2.74. The molecule has 112 valence electrons. The number of benzene rings is 1. The lowest BCUT2D eigenvalue weighted by molar-refractivity contribution is 0.0595. The van der Waals surface area contributed by atoms with Crippen LogP contribution in [0.15, 0.2) is 12.1 Å². The van der Waals surface area contributed by atoms with E-state index >= 15 is 0 Å². The van der Waals surface area contributed by atoms with Crippen LogP contribution in [-0.4, -0.2) is 22.6 Å². The largest absolute Gasteiger partial charge is 0.464 e. The zero-order valence-corrected chi connectivity index (χ0v) is 13.2. The summed E-state index contributed by atoms with van der Waals surface area (Å²) >= 11 is 0. The van der Waals surface area contributed by atoms with Gasteiger partial charge >= 0.3 is 5.97 Å². The fraction of sp³-hybridized carbons (Fsp3) is 0.375. The highest BCUT2D eigenvalue weighted by Crippen LogP contribution is 2.28. The van der Waals surface area contributed by atoms with Gasteiger partial charge < -0.3 is 10.5 Å². The Morgan fingerprint density at radius 3 is 2.33 bits per heavy atom. The molecule has 0 atom stereocenters. The number of nitrogens with zero attached hydrogens (tertiary/aromatic N) is 2. The lowest BCUT2D eigenvalue weighted by atomic mass is 10.0. The van der Waals surface area contributed by atoms with Gasteiger partial charge in [-0.2, -0.15) is 0 Å². The number of esters is 1. The van der Waals surface area contributed by atoms with E-state index in [9.17, 15) is 4.79 Å². The van der Waals surface area contributed by atoms with Gasteiger partial charge in [-0.3, -0.25) is 4.57 Å². The molecule has 0 radical (unpaired) electrons. The lowest BCUT2D eigenvalue weighted by Crippen LogP contribution is -2.10. The van der Waals surface area contributed by atoms with Crippen LogP contribution in [0.1, 0.15) is 39.9 Å². The first-order valence-corrected chi connectivity index (χ1v) is 6.94. The third kappa shape index (κ3) is 2.51. The topological polar surface area (TPSA) is 70.1 Å². The average Bonchev–Trinajstić information content (AvgIpc) is 2.74. The van der Waals surface area contributed by atoms with Crippen molar-refractivity contribution < 1.29 is 9.53 Å². The van der Waals surface area contributed by atoms with Crippen molar-refractivity contribution in [2.45, 2.75) is 34.1 Å². The minimum absolute atomic E-state index is 0.175. The third-order valence-electron chi connectivity index (χ3n) is 3.54. The van der Waals surface area contributed by atoms with Gasteiger partial charge in [0.05, 0.1) is 12.8 Å². The fourth-order valence-corrected chi connectivity index (χ4v) is 2.74. The Morgan fingerprint density at radius 2 is 1.86 bits per heavy atom. The van der Waals surface area contributed by atoms with E-state index in [0.29, 0.717) is 12.2 Å². The van der Waals surface area contributed by atoms with Crippen molar-refractivity contribution in [3.63, 3.8) is 0 Å². The van der Waals surface area contributed by atoms with E-state index < -0.39 is 5.97 Å². The van der Waals surface area contributed by atoms with E-state index in [1.807, 2.05) is 25.3 Å². The Kier molecular flexibility index (Phi) is 4.02. The van der Waals surface area contributed by atoms with Gasteiger partial charge in [-0.15, -0.1) is 0 Å². The van der Waals surface area contributed by atoms with Gasteiger partial charge in [-0.1, -0.05) is 24.6 Å². The molecule has 0 saturated heterocycles. The first kappa shape index (κ1) is 15.1. The summed E-state index contributed by atoms with van der Waals surface area (Å²) in [6.45, 7) is 8.11. The number of nitrogens with two attached hydrogens (primary N) is 1. The first-order valence-electron chi connectivity index (χ1n) is 6.94. The Labute approximate surface area is 124 Å². The predicted octanol–water partition coefficient (Wildman–Crippen LogP) is 2.73. The number of aryl methyl sites for hydroxylation is 4. The quantitative estimate of drug-likeness (QED) is 0.881. The molecule has 2 aromatic rings. The number of rotatable bonds is 3. The molecule has 1 aromatic heterocycles. The Balaban J connectivity index is 2.75. The number of ether oxygens (including phenoxy) is 1. The summed E-state index contributed by atoms with van der Waals surface area (Å²) < 4.78 is 6.61. The molecule has 0 amide bonds. The van der Waals surface area contributed by atoms with Gasteiger partial charge in [-0.25, -0.2) is 9.78 Å². The van der Waals surface area contributed by atoms with Gasteiger partial charge in [0.1, 0.15) is 11.6 Å². The number of carbonyl (C=O) groups excluding carboxylic acids is 1. The summed E-state index contributed by atoms with van der Waals surface area (Å²) in [5, 5.41) is 0. The highest BCUT2D eigenvalue weighted by Gasteiger charge is 2.22. The molecule has 0 fully saturated rings. The SMILES string of the molecule is CCc1nc(C(=O)OC)c(N)n1-c1c(C)cc(C)cc1C. The molecule has 0 spiro atoms. The van der Waals surface area contributed by atoms with Crippen LogP contribution in [0.2, 0.25) is 0 Å². The van der Waals surface area contributed by atoms with Crippen LogP contribution in [-0.2, 0) is 11.2 Å². The molecular formula is C16H21N3O2. The molecule has 5 nitrogen and oxygen atoms in total. The van der Waals surface area contributed by atoms with Crippen LogP contribution in [0, 0.1) is 20.8 Å². The number of imidazole rings is 1. The molecule has 0 aliphatic rings. The van der Waals surface area contributed by atoms with E-state index in [2.05, 4.69) is 24.0 Å². The van der Waals surface area contributed by atoms with Crippen molar-refractivity contribution in [2.75, 3.05) is 12.8 Å². The minimum Gasteiger partial charge on any atom is -0.464 e. The number of hydrogen-bond donors (Lipinski definition) is 1. The number of hydrogen-bond acceptors (Lipinski definition) is 4. The summed E-state index contributed by atoms with van der Waals surface area (Å²) in [6.07, 6.45) is 0.675. The molecule has 21 heavy (non-hydrogen) atoms. The Hall–Kier alpha value is -2.30. The van der Waals surface area contributed by atoms with Gasteiger partial charge in [0, 0.05) is 6.42 Å². The van der Waals surface area contributed by atoms with E-state index in [-0.39, 0.29) is 5.69 Å². The second-order valence-corrected chi connectivity index (χ2v) is 5.19. The van der Waals surface area contributed by atoms with E-state index in [4.69, 9.17) is 10.5 Å². The smallest absolute Gasteiger partial charge is 0.360 e. The van der Waals surface area contributed by atoms with Crippen LogP contribution in [0.5, 0.6) is 0 Å². The average molecular weight is 287 g/mol. The number of carbonyl (C=O) groups is 1. The number of aromatic nitrogens is 2. The highest BCUT2D eigenvalue weighted by atomic mass is 16.5. The number of anilines is 1. The summed E-state index contributed by atoms with van der Waals surface area (Å²) in [4.78, 5) is 16.1. The van der Waals surface area contributed by atoms with Crippen LogP contribution in [0.25, 0.3) is 5.69 Å². The maximum atomic E-state index is 11.8. The molecule has 1 aromatic carbocycles. The highest BCUT2D eigenvalue weighted by molar-refractivity contribution is 5.92. The van der Waals surface area contributed by atoms with Gasteiger partial charge in [0.25, 0.3) is 0 Å². The van der Waals surface area contributed by atoms with Crippen molar-refractivity contribution in [3.05, 3.63) is 40.3 Å². The van der Waals surface area contributed by atoms with Crippen LogP contribution in [0.4, 0.5) is 5.82 Å². The molecular weight excluding hydrogens is 266 g/mol. The van der Waals surface area contributed by atoms with Crippen molar-refractivity contribution in [3.8, 4) is 5.69 Å². The minimum atomic E-state index is -0.511. The second kappa shape index (κ2) is 5.60.